The molecule has 0 bridgehead atoms. The predicted octanol–water partition coefficient (Wildman–Crippen LogP) is 5.22. The third-order valence-corrected chi connectivity index (χ3v) is 7.47. The van der Waals surface area contributed by atoms with Crippen LogP contribution in [-0.4, -0.2) is 43.6 Å². The first-order valence-corrected chi connectivity index (χ1v) is 12.7. The zero-order valence-electron chi connectivity index (χ0n) is 17.9. The van der Waals surface area contributed by atoms with E-state index in [4.69, 9.17) is 4.74 Å². The molecule has 1 aliphatic heterocycles. The van der Waals surface area contributed by atoms with Crippen molar-refractivity contribution in [2.45, 2.75) is 54.8 Å². The number of anilines is 1. The summed E-state index contributed by atoms with van der Waals surface area (Å²) in [5.41, 5.74) is 0.483. The van der Waals surface area contributed by atoms with Crippen LogP contribution < -0.4 is 10.1 Å². The number of thioether (sulfide) groups is 1. The summed E-state index contributed by atoms with van der Waals surface area (Å²) >= 11 is 0.394. The molecule has 0 spiro atoms. The highest BCUT2D eigenvalue weighted by Gasteiger charge is 2.27. The summed E-state index contributed by atoms with van der Waals surface area (Å²) in [6, 6.07) is 10.2. The maximum absolute atomic E-state index is 13.1. The van der Waals surface area contributed by atoms with Crippen molar-refractivity contribution in [1.29, 1.82) is 0 Å². The minimum Gasteiger partial charge on any atom is -0.489 e. The summed E-state index contributed by atoms with van der Waals surface area (Å²) in [6.45, 7) is 4.58. The van der Waals surface area contributed by atoms with E-state index in [0.717, 1.165) is 19.3 Å². The van der Waals surface area contributed by atoms with Gasteiger partial charge in [-0.25, -0.2) is 8.42 Å². The lowest BCUT2D eigenvalue weighted by atomic mass is 10.2. The largest absolute Gasteiger partial charge is 0.489 e. The summed E-state index contributed by atoms with van der Waals surface area (Å²) in [4.78, 5) is 13.2. The SMILES string of the molecule is CC(C)Oc1ccc(S(=O)(=O)N2CCCCC2)cc1NC(=O)c1ccc(SC(F)F)cc1. The second-order valence-corrected chi connectivity index (χ2v) is 10.6. The number of halogens is 2. The number of nitrogens with one attached hydrogen (secondary N) is 1. The van der Waals surface area contributed by atoms with Crippen LogP contribution in [0.4, 0.5) is 14.5 Å². The number of hydrogen-bond acceptors (Lipinski definition) is 5. The third-order valence-electron chi connectivity index (χ3n) is 4.86. The Kier molecular flexibility index (Phi) is 8.13. The molecule has 0 aromatic heterocycles. The Balaban J connectivity index is 1.87. The molecule has 3 rings (SSSR count). The van der Waals surface area contributed by atoms with Crippen LogP contribution in [0.25, 0.3) is 0 Å². The van der Waals surface area contributed by atoms with E-state index in [1.54, 1.807) is 0 Å². The summed E-state index contributed by atoms with van der Waals surface area (Å²) in [7, 11) is -3.69. The standard InChI is InChI=1S/C22H26F2N2O4S2/c1-15(2)30-20-11-10-18(32(28,29)26-12-4-3-5-13-26)14-19(20)25-21(27)16-6-8-17(9-7-16)31-22(23)24/h6-11,14-15,22H,3-5,12-13H2,1-2H3,(H,25,27). The maximum atomic E-state index is 13.1. The zero-order valence-corrected chi connectivity index (χ0v) is 19.5. The Morgan fingerprint density at radius 3 is 2.31 bits per heavy atom. The number of sulfonamides is 1. The molecule has 0 aliphatic carbocycles. The van der Waals surface area contributed by atoms with Crippen molar-refractivity contribution in [2.75, 3.05) is 18.4 Å². The van der Waals surface area contributed by atoms with E-state index < -0.39 is 21.7 Å². The summed E-state index contributed by atoms with van der Waals surface area (Å²) in [5.74, 6) is -2.70. The topological polar surface area (TPSA) is 75.7 Å². The van der Waals surface area contributed by atoms with E-state index in [-0.39, 0.29) is 22.3 Å². The van der Waals surface area contributed by atoms with Gasteiger partial charge in [0.2, 0.25) is 10.0 Å². The molecule has 0 radical (unpaired) electrons. The number of carbonyl (C=O) groups excluding carboxylic acids is 1. The van der Waals surface area contributed by atoms with Crippen LogP contribution in [0, 0.1) is 0 Å². The van der Waals surface area contributed by atoms with Crippen molar-refractivity contribution >= 4 is 33.4 Å². The Bertz CT molecular complexity index is 1040. The lowest BCUT2D eigenvalue weighted by Gasteiger charge is -2.26. The van der Waals surface area contributed by atoms with Gasteiger partial charge < -0.3 is 10.1 Å². The molecule has 1 heterocycles. The molecule has 1 aliphatic rings. The average Bonchev–Trinajstić information content (AvgIpc) is 2.75. The minimum absolute atomic E-state index is 0.0782. The number of ether oxygens (including phenoxy) is 1. The lowest BCUT2D eigenvalue weighted by Crippen LogP contribution is -2.35. The van der Waals surface area contributed by atoms with Crippen molar-refractivity contribution in [1.82, 2.24) is 4.31 Å². The summed E-state index contributed by atoms with van der Waals surface area (Å²) < 4.78 is 58.3. The second-order valence-electron chi connectivity index (χ2n) is 7.65. The van der Waals surface area contributed by atoms with Crippen LogP contribution in [0.2, 0.25) is 0 Å². The van der Waals surface area contributed by atoms with Crippen molar-refractivity contribution in [3.63, 3.8) is 0 Å². The third kappa shape index (κ3) is 6.20. The van der Waals surface area contributed by atoms with Crippen LogP contribution in [0.15, 0.2) is 52.3 Å². The number of nitrogens with zero attached hydrogens (tertiary/aromatic N) is 1. The number of carbonyl (C=O) groups is 1. The smallest absolute Gasteiger partial charge is 0.288 e. The second kappa shape index (κ2) is 10.6. The molecule has 6 nitrogen and oxygen atoms in total. The van der Waals surface area contributed by atoms with Crippen molar-refractivity contribution in [3.05, 3.63) is 48.0 Å². The van der Waals surface area contributed by atoms with Gasteiger partial charge in [0.05, 0.1) is 16.7 Å². The molecule has 1 N–H and O–H groups in total. The Morgan fingerprint density at radius 2 is 1.72 bits per heavy atom. The molecular formula is C22H26F2N2O4S2. The number of piperidine rings is 1. The Morgan fingerprint density at radius 1 is 1.06 bits per heavy atom. The van der Waals surface area contributed by atoms with E-state index in [9.17, 15) is 22.0 Å². The number of rotatable bonds is 8. The fourth-order valence-corrected chi connectivity index (χ4v) is 5.40. The summed E-state index contributed by atoms with van der Waals surface area (Å²) in [6.07, 6.45) is 2.44. The van der Waals surface area contributed by atoms with Gasteiger partial charge in [0.1, 0.15) is 5.75 Å². The van der Waals surface area contributed by atoms with Gasteiger partial charge in [-0.2, -0.15) is 13.1 Å². The quantitative estimate of drug-likeness (QED) is 0.520. The summed E-state index contributed by atoms with van der Waals surface area (Å²) in [5, 5.41) is 2.71. The van der Waals surface area contributed by atoms with Gasteiger partial charge >= 0.3 is 0 Å². The fourth-order valence-electron chi connectivity index (χ4n) is 3.36. The van der Waals surface area contributed by atoms with Crippen LogP contribution in [0.1, 0.15) is 43.5 Å². The van der Waals surface area contributed by atoms with E-state index in [1.165, 1.54) is 46.8 Å². The molecule has 1 fully saturated rings. The molecule has 0 saturated carbocycles. The van der Waals surface area contributed by atoms with E-state index >= 15 is 0 Å². The van der Waals surface area contributed by atoms with Crippen LogP contribution in [0.3, 0.4) is 0 Å². The molecule has 32 heavy (non-hydrogen) atoms. The first kappa shape index (κ1) is 24.5. The number of hydrogen-bond donors (Lipinski definition) is 1. The zero-order chi connectivity index (χ0) is 23.3. The van der Waals surface area contributed by atoms with E-state index in [2.05, 4.69) is 5.32 Å². The van der Waals surface area contributed by atoms with Gasteiger partial charge in [0.25, 0.3) is 11.7 Å². The van der Waals surface area contributed by atoms with Gasteiger partial charge in [0.15, 0.2) is 0 Å². The van der Waals surface area contributed by atoms with E-state index in [1.807, 2.05) is 13.8 Å². The first-order valence-electron chi connectivity index (χ1n) is 10.3. The fraction of sp³-hybridized carbons (Fsp3) is 0.409. The normalized spacial score (nSPS) is 15.2. The minimum atomic E-state index is -3.69. The van der Waals surface area contributed by atoms with Crippen LogP contribution >= 0.6 is 11.8 Å². The first-order chi connectivity index (χ1) is 15.2. The van der Waals surface area contributed by atoms with Crippen LogP contribution in [0.5, 0.6) is 5.75 Å². The predicted molar refractivity (Wildman–Crippen MR) is 121 cm³/mol. The molecule has 10 heteroatoms. The molecule has 1 amide bonds. The molecule has 174 valence electrons. The van der Waals surface area contributed by atoms with Gasteiger partial charge in [0, 0.05) is 23.5 Å². The highest BCUT2D eigenvalue weighted by Crippen LogP contribution is 2.32. The lowest BCUT2D eigenvalue weighted by molar-refractivity contribution is 0.102. The molecular weight excluding hydrogens is 458 g/mol. The monoisotopic (exact) mass is 484 g/mol. The van der Waals surface area contributed by atoms with E-state index in [0.29, 0.717) is 35.5 Å². The Hall–Kier alpha value is -2.17. The average molecular weight is 485 g/mol. The highest BCUT2D eigenvalue weighted by atomic mass is 32.2. The molecule has 1 saturated heterocycles. The van der Waals surface area contributed by atoms with Crippen molar-refractivity contribution in [3.8, 4) is 5.75 Å². The number of alkyl halides is 2. The Labute approximate surface area is 191 Å². The molecule has 2 aromatic carbocycles. The number of benzene rings is 2. The van der Waals surface area contributed by atoms with Crippen molar-refractivity contribution < 1.29 is 26.7 Å². The van der Waals surface area contributed by atoms with Crippen LogP contribution in [-0.2, 0) is 10.0 Å². The maximum Gasteiger partial charge on any atom is 0.288 e. The highest BCUT2D eigenvalue weighted by molar-refractivity contribution is 7.99. The van der Waals surface area contributed by atoms with Gasteiger partial charge in [-0.05, 0) is 69.2 Å². The van der Waals surface area contributed by atoms with Gasteiger partial charge in [-0.15, -0.1) is 0 Å². The molecule has 0 unspecified atom stereocenters. The number of amides is 1. The van der Waals surface area contributed by atoms with Crippen molar-refractivity contribution in [2.24, 2.45) is 0 Å². The molecule has 0 atom stereocenters. The van der Waals surface area contributed by atoms with Gasteiger partial charge in [-0.3, -0.25) is 4.79 Å². The van der Waals surface area contributed by atoms with Gasteiger partial charge in [-0.1, -0.05) is 18.2 Å². The molecule has 2 aromatic rings.